The van der Waals surface area contributed by atoms with Crippen LogP contribution in [0.1, 0.15) is 38.7 Å². The van der Waals surface area contributed by atoms with Crippen LogP contribution in [0.25, 0.3) is 6.08 Å². The molecule has 136 valence electrons. The quantitative estimate of drug-likeness (QED) is 0.474. The Labute approximate surface area is 154 Å². The van der Waals surface area contributed by atoms with Gasteiger partial charge in [-0.15, -0.1) is 11.8 Å². The fraction of sp³-hybridized carbons (Fsp3) is 0.500. The monoisotopic (exact) mass is 361 g/mol. The van der Waals surface area contributed by atoms with Gasteiger partial charge in [-0.3, -0.25) is 4.79 Å². The van der Waals surface area contributed by atoms with Gasteiger partial charge in [0.15, 0.2) is 6.61 Å². The number of carbonyl (C=O) groups is 2. The highest BCUT2D eigenvalue weighted by Crippen LogP contribution is 2.29. The predicted octanol–water partition coefficient (Wildman–Crippen LogP) is 3.91. The van der Waals surface area contributed by atoms with E-state index in [2.05, 4.69) is 19.2 Å². The minimum Gasteiger partial charge on any atom is -0.452 e. The normalized spacial score (nSPS) is 23.4. The molecule has 0 aromatic heterocycles. The Bertz CT molecular complexity index is 612. The van der Waals surface area contributed by atoms with Crippen LogP contribution in [0.4, 0.5) is 0 Å². The molecule has 1 saturated carbocycles. The first-order valence-electron chi connectivity index (χ1n) is 8.78. The lowest BCUT2D eigenvalue weighted by atomic mass is 9.78. The second-order valence-corrected chi connectivity index (χ2v) is 7.54. The average molecular weight is 362 g/mol. The van der Waals surface area contributed by atoms with Gasteiger partial charge >= 0.3 is 5.97 Å². The SMILES string of the molecule is CSc1ccc(/C=C/C(=O)OCC(=O)N[C@@H]2CCC[C@@H](C)[C@H]2C)cc1. The van der Waals surface area contributed by atoms with E-state index in [0.717, 1.165) is 18.4 Å². The molecule has 4 nitrogen and oxygen atoms in total. The third kappa shape index (κ3) is 6.24. The van der Waals surface area contributed by atoms with E-state index >= 15 is 0 Å². The molecule has 0 spiro atoms. The van der Waals surface area contributed by atoms with Crippen LogP contribution in [0.5, 0.6) is 0 Å². The van der Waals surface area contributed by atoms with Crippen molar-refractivity contribution in [3.05, 3.63) is 35.9 Å². The lowest BCUT2D eigenvalue weighted by Gasteiger charge is -2.34. The highest BCUT2D eigenvalue weighted by molar-refractivity contribution is 7.98. The average Bonchev–Trinajstić information content (AvgIpc) is 2.62. The van der Waals surface area contributed by atoms with Crippen LogP contribution in [0.2, 0.25) is 0 Å². The molecule has 1 fully saturated rings. The van der Waals surface area contributed by atoms with Crippen LogP contribution >= 0.6 is 11.8 Å². The lowest BCUT2D eigenvalue weighted by Crippen LogP contribution is -2.45. The molecule has 2 rings (SSSR count). The molecule has 0 bridgehead atoms. The fourth-order valence-electron chi connectivity index (χ4n) is 3.10. The number of thioether (sulfide) groups is 1. The highest BCUT2D eigenvalue weighted by atomic mass is 32.2. The first kappa shape index (κ1) is 19.6. The largest absolute Gasteiger partial charge is 0.452 e. The first-order valence-corrected chi connectivity index (χ1v) is 10.0. The van der Waals surface area contributed by atoms with E-state index in [1.807, 2.05) is 30.5 Å². The maximum atomic E-state index is 12.0. The molecule has 1 aromatic carbocycles. The summed E-state index contributed by atoms with van der Waals surface area (Å²) in [7, 11) is 0. The molecule has 1 aromatic rings. The smallest absolute Gasteiger partial charge is 0.331 e. The van der Waals surface area contributed by atoms with Crippen LogP contribution in [0.3, 0.4) is 0 Å². The topological polar surface area (TPSA) is 55.4 Å². The van der Waals surface area contributed by atoms with Gasteiger partial charge in [-0.1, -0.05) is 38.8 Å². The molecular formula is C20H27NO3S. The fourth-order valence-corrected chi connectivity index (χ4v) is 3.51. The van der Waals surface area contributed by atoms with Crippen LogP contribution in [0.15, 0.2) is 35.2 Å². The van der Waals surface area contributed by atoms with E-state index < -0.39 is 5.97 Å². The van der Waals surface area contributed by atoms with E-state index in [0.29, 0.717) is 11.8 Å². The minimum absolute atomic E-state index is 0.181. The zero-order valence-corrected chi connectivity index (χ0v) is 16.0. The van der Waals surface area contributed by atoms with Gasteiger partial charge < -0.3 is 10.1 Å². The van der Waals surface area contributed by atoms with Gasteiger partial charge in [0.1, 0.15) is 0 Å². The molecular weight excluding hydrogens is 334 g/mol. The molecule has 0 aliphatic heterocycles. The van der Waals surface area contributed by atoms with Crippen LogP contribution in [-0.2, 0) is 14.3 Å². The molecule has 25 heavy (non-hydrogen) atoms. The Morgan fingerprint density at radius 2 is 1.96 bits per heavy atom. The van der Waals surface area contributed by atoms with Crippen molar-refractivity contribution in [2.24, 2.45) is 11.8 Å². The molecule has 1 aliphatic rings. The Morgan fingerprint density at radius 3 is 2.64 bits per heavy atom. The van der Waals surface area contributed by atoms with E-state index in [-0.39, 0.29) is 18.6 Å². The van der Waals surface area contributed by atoms with Crippen molar-refractivity contribution in [2.75, 3.05) is 12.9 Å². The number of benzene rings is 1. The van der Waals surface area contributed by atoms with Gasteiger partial charge in [-0.2, -0.15) is 0 Å². The third-order valence-electron chi connectivity index (χ3n) is 4.93. The number of hydrogen-bond donors (Lipinski definition) is 1. The van der Waals surface area contributed by atoms with E-state index in [9.17, 15) is 9.59 Å². The zero-order valence-electron chi connectivity index (χ0n) is 15.2. The molecule has 0 radical (unpaired) electrons. The van der Waals surface area contributed by atoms with Crippen LogP contribution in [-0.4, -0.2) is 30.8 Å². The molecule has 5 heteroatoms. The van der Waals surface area contributed by atoms with Gasteiger partial charge in [0.25, 0.3) is 5.91 Å². The van der Waals surface area contributed by atoms with Crippen molar-refractivity contribution < 1.29 is 14.3 Å². The van der Waals surface area contributed by atoms with E-state index in [1.54, 1.807) is 17.8 Å². The number of amides is 1. The van der Waals surface area contributed by atoms with Crippen molar-refractivity contribution in [2.45, 2.75) is 44.0 Å². The van der Waals surface area contributed by atoms with Crippen molar-refractivity contribution in [3.8, 4) is 0 Å². The summed E-state index contributed by atoms with van der Waals surface area (Å²) in [6.45, 7) is 4.16. The summed E-state index contributed by atoms with van der Waals surface area (Å²) < 4.78 is 5.03. The van der Waals surface area contributed by atoms with E-state index in [1.165, 1.54) is 17.4 Å². The molecule has 3 atom stereocenters. The molecule has 1 amide bonds. The number of ether oxygens (including phenoxy) is 1. The standard InChI is InChI=1S/C20H27NO3S/c1-14-5-4-6-18(15(14)2)21-19(22)13-24-20(23)12-9-16-7-10-17(25-3)11-8-16/h7-12,14-15,18H,4-6,13H2,1-3H3,(H,21,22)/b12-9+/t14-,15-,18-/m1/s1. The van der Waals surface area contributed by atoms with Gasteiger partial charge in [-0.05, 0) is 48.3 Å². The Hall–Kier alpha value is -1.75. The van der Waals surface area contributed by atoms with Crippen molar-refractivity contribution in [1.29, 1.82) is 0 Å². The zero-order chi connectivity index (χ0) is 18.2. The first-order chi connectivity index (χ1) is 12.0. The van der Waals surface area contributed by atoms with Gasteiger partial charge in [0, 0.05) is 17.0 Å². The van der Waals surface area contributed by atoms with E-state index in [4.69, 9.17) is 4.74 Å². The summed E-state index contributed by atoms with van der Waals surface area (Å²) in [5.74, 6) is 0.339. The number of rotatable bonds is 6. The summed E-state index contributed by atoms with van der Waals surface area (Å²) in [5.41, 5.74) is 0.921. The number of esters is 1. The highest BCUT2D eigenvalue weighted by Gasteiger charge is 2.28. The maximum Gasteiger partial charge on any atom is 0.331 e. The molecule has 1 N–H and O–H groups in total. The summed E-state index contributed by atoms with van der Waals surface area (Å²) in [6.07, 6.45) is 8.40. The van der Waals surface area contributed by atoms with Gasteiger partial charge in [0.05, 0.1) is 0 Å². The molecule has 0 saturated heterocycles. The Balaban J connectivity index is 1.75. The van der Waals surface area contributed by atoms with Gasteiger partial charge in [0.2, 0.25) is 0 Å². The van der Waals surface area contributed by atoms with Crippen molar-refractivity contribution >= 4 is 29.7 Å². The summed E-state index contributed by atoms with van der Waals surface area (Å²) in [5, 5.41) is 3.00. The second kappa shape index (κ2) is 9.66. The van der Waals surface area contributed by atoms with Crippen molar-refractivity contribution in [3.63, 3.8) is 0 Å². The van der Waals surface area contributed by atoms with Crippen LogP contribution in [0, 0.1) is 11.8 Å². The molecule has 0 unspecified atom stereocenters. The number of hydrogen-bond acceptors (Lipinski definition) is 4. The maximum absolute atomic E-state index is 12.0. The lowest BCUT2D eigenvalue weighted by molar-refractivity contribution is -0.144. The summed E-state index contributed by atoms with van der Waals surface area (Å²) >= 11 is 1.67. The predicted molar refractivity (Wildman–Crippen MR) is 102 cm³/mol. The second-order valence-electron chi connectivity index (χ2n) is 6.66. The Kier molecular flexibility index (Phi) is 7.56. The number of nitrogens with one attached hydrogen (secondary N) is 1. The van der Waals surface area contributed by atoms with Crippen molar-refractivity contribution in [1.82, 2.24) is 5.32 Å². The summed E-state index contributed by atoms with van der Waals surface area (Å²) in [6, 6.07) is 8.05. The minimum atomic E-state index is -0.505. The summed E-state index contributed by atoms with van der Waals surface area (Å²) in [4.78, 5) is 24.9. The Morgan fingerprint density at radius 1 is 1.24 bits per heavy atom. The van der Waals surface area contributed by atoms with Crippen LogP contribution < -0.4 is 5.32 Å². The van der Waals surface area contributed by atoms with Gasteiger partial charge in [-0.25, -0.2) is 4.79 Å². The molecule has 0 heterocycles. The third-order valence-corrected chi connectivity index (χ3v) is 5.67. The number of carbonyl (C=O) groups excluding carboxylic acids is 2. The molecule has 1 aliphatic carbocycles.